The van der Waals surface area contributed by atoms with Crippen LogP contribution in [0.2, 0.25) is 0 Å². The lowest BCUT2D eigenvalue weighted by atomic mass is 9.74. The van der Waals surface area contributed by atoms with Crippen LogP contribution in [-0.2, 0) is 5.41 Å². The maximum atomic E-state index is 6.73. The number of para-hydroxylation sites is 2. The Kier molecular flexibility index (Phi) is 5.62. The minimum Gasteiger partial charge on any atom is -0.457 e. The smallest absolute Gasteiger partial charge is 0.146 e. The summed E-state index contributed by atoms with van der Waals surface area (Å²) in [6.45, 7) is 11.1. The molecular formula is C44H34N4O. The zero-order chi connectivity index (χ0) is 33.2. The lowest BCUT2D eigenvalue weighted by Crippen LogP contribution is -2.26. The Morgan fingerprint density at radius 3 is 2.24 bits per heavy atom. The predicted octanol–water partition coefficient (Wildman–Crippen LogP) is 11.2. The number of nitrogens with zero attached hydrogens (tertiary/aromatic N) is 4. The van der Waals surface area contributed by atoms with Gasteiger partial charge in [0.1, 0.15) is 22.8 Å². The first-order valence-electron chi connectivity index (χ1n) is 16.9. The third kappa shape index (κ3) is 3.87. The number of pyridine rings is 2. The van der Waals surface area contributed by atoms with Crippen molar-refractivity contribution in [1.82, 2.24) is 18.9 Å². The van der Waals surface area contributed by atoms with Crippen LogP contribution in [0.3, 0.4) is 0 Å². The van der Waals surface area contributed by atoms with Crippen LogP contribution in [0.25, 0.3) is 66.2 Å². The molecule has 49 heavy (non-hydrogen) atoms. The third-order valence-electron chi connectivity index (χ3n) is 10.7. The molecule has 236 valence electrons. The molecule has 1 aliphatic rings. The molecule has 0 saturated carbocycles. The van der Waals surface area contributed by atoms with Crippen molar-refractivity contribution in [1.29, 1.82) is 0 Å². The van der Waals surface area contributed by atoms with Crippen LogP contribution in [0.1, 0.15) is 41.7 Å². The van der Waals surface area contributed by atoms with Gasteiger partial charge in [-0.2, -0.15) is 0 Å². The quantitative estimate of drug-likeness (QED) is 0.182. The maximum absolute atomic E-state index is 6.73. The van der Waals surface area contributed by atoms with Gasteiger partial charge in [0.2, 0.25) is 0 Å². The molecule has 5 nitrogen and oxygen atoms in total. The summed E-state index contributed by atoms with van der Waals surface area (Å²) in [5.74, 6) is 1.55. The highest BCUT2D eigenvalue weighted by Gasteiger charge is 2.35. The van der Waals surface area contributed by atoms with Crippen LogP contribution in [-0.4, -0.2) is 18.9 Å². The van der Waals surface area contributed by atoms with Gasteiger partial charge >= 0.3 is 0 Å². The Hall–Kier alpha value is -5.94. The molecule has 0 spiro atoms. The second-order valence-corrected chi connectivity index (χ2v) is 14.1. The number of fused-ring (bicyclic) bond motifs is 11. The zero-order valence-corrected chi connectivity index (χ0v) is 28.2. The van der Waals surface area contributed by atoms with E-state index in [4.69, 9.17) is 14.7 Å². The van der Waals surface area contributed by atoms with E-state index in [0.29, 0.717) is 0 Å². The molecule has 4 aromatic heterocycles. The van der Waals surface area contributed by atoms with Crippen LogP contribution in [0, 0.1) is 20.8 Å². The van der Waals surface area contributed by atoms with E-state index in [0.717, 1.165) is 55.9 Å². The molecule has 0 radical (unpaired) electrons. The van der Waals surface area contributed by atoms with Crippen LogP contribution < -0.4 is 4.74 Å². The van der Waals surface area contributed by atoms with Gasteiger partial charge in [0.25, 0.3) is 0 Å². The molecule has 0 amide bonds. The fourth-order valence-electron chi connectivity index (χ4n) is 8.58. The summed E-state index contributed by atoms with van der Waals surface area (Å²) in [5, 5.41) is 5.78. The van der Waals surface area contributed by atoms with Gasteiger partial charge in [0, 0.05) is 51.0 Å². The topological polar surface area (TPSA) is 44.4 Å². The Morgan fingerprint density at radius 2 is 1.39 bits per heavy atom. The summed E-state index contributed by atoms with van der Waals surface area (Å²) in [7, 11) is 0. The zero-order valence-electron chi connectivity index (χ0n) is 28.2. The van der Waals surface area contributed by atoms with Crippen LogP contribution >= 0.6 is 0 Å². The molecule has 10 rings (SSSR count). The van der Waals surface area contributed by atoms with Crippen molar-refractivity contribution in [2.75, 3.05) is 0 Å². The summed E-state index contributed by atoms with van der Waals surface area (Å²) < 4.78 is 11.3. The normalized spacial score (nSPS) is 13.6. The number of benzene rings is 5. The molecule has 0 N–H and O–H groups in total. The van der Waals surface area contributed by atoms with Crippen LogP contribution in [0.15, 0.2) is 116 Å². The van der Waals surface area contributed by atoms with Crippen LogP contribution in [0.4, 0.5) is 0 Å². The summed E-state index contributed by atoms with van der Waals surface area (Å²) in [6, 6.07) is 36.8. The lowest BCUT2D eigenvalue weighted by molar-refractivity contribution is 0.482. The van der Waals surface area contributed by atoms with Gasteiger partial charge in [0.05, 0.1) is 22.4 Å². The van der Waals surface area contributed by atoms with E-state index >= 15 is 0 Å². The number of aryl methyl sites for hydroxylation is 3. The van der Waals surface area contributed by atoms with Crippen molar-refractivity contribution in [3.63, 3.8) is 0 Å². The molecule has 1 aliphatic heterocycles. The molecule has 0 fully saturated rings. The molecule has 5 aromatic carbocycles. The minimum absolute atomic E-state index is 0.181. The molecule has 9 aromatic rings. The van der Waals surface area contributed by atoms with E-state index in [1.54, 1.807) is 0 Å². The van der Waals surface area contributed by atoms with Gasteiger partial charge in [0.15, 0.2) is 0 Å². The molecule has 0 saturated heterocycles. The Bertz CT molecular complexity index is 2850. The molecule has 5 heterocycles. The third-order valence-corrected chi connectivity index (χ3v) is 10.7. The number of ether oxygens (including phenoxy) is 1. The average Bonchev–Trinajstić information content (AvgIpc) is 3.68. The monoisotopic (exact) mass is 634 g/mol. The van der Waals surface area contributed by atoms with Gasteiger partial charge in [-0.05, 0) is 90.9 Å². The predicted molar refractivity (Wildman–Crippen MR) is 201 cm³/mol. The van der Waals surface area contributed by atoms with Gasteiger partial charge in [-0.15, -0.1) is 0 Å². The molecule has 0 bridgehead atoms. The average molecular weight is 635 g/mol. The first kappa shape index (κ1) is 28.1. The van der Waals surface area contributed by atoms with E-state index in [1.807, 2.05) is 12.3 Å². The fraction of sp³-hybridized carbons (Fsp3) is 0.136. The Balaban J connectivity index is 1.15. The summed E-state index contributed by atoms with van der Waals surface area (Å²) in [4.78, 5) is 10.2. The van der Waals surface area contributed by atoms with Crippen molar-refractivity contribution < 1.29 is 4.74 Å². The largest absolute Gasteiger partial charge is 0.457 e. The van der Waals surface area contributed by atoms with Crippen molar-refractivity contribution in [2.45, 2.75) is 40.0 Å². The highest BCUT2D eigenvalue weighted by molar-refractivity contribution is 6.13. The van der Waals surface area contributed by atoms with E-state index in [1.165, 1.54) is 49.7 Å². The number of imidazole rings is 1. The second-order valence-electron chi connectivity index (χ2n) is 14.1. The van der Waals surface area contributed by atoms with Crippen molar-refractivity contribution in [2.24, 2.45) is 0 Å². The molecular weight excluding hydrogens is 601 g/mol. The second kappa shape index (κ2) is 9.80. The highest BCUT2D eigenvalue weighted by Crippen LogP contribution is 2.48. The summed E-state index contributed by atoms with van der Waals surface area (Å²) in [6.07, 6.45) is 4.07. The fourth-order valence-corrected chi connectivity index (χ4v) is 8.58. The first-order chi connectivity index (χ1) is 23.8. The molecule has 5 heteroatoms. The van der Waals surface area contributed by atoms with Crippen LogP contribution in [0.5, 0.6) is 11.5 Å². The number of hydrogen-bond donors (Lipinski definition) is 0. The Labute approximate surface area is 284 Å². The van der Waals surface area contributed by atoms with Gasteiger partial charge < -0.3 is 4.74 Å². The van der Waals surface area contributed by atoms with Gasteiger partial charge in [-0.1, -0.05) is 74.0 Å². The van der Waals surface area contributed by atoms with Crippen molar-refractivity contribution in [3.05, 3.63) is 143 Å². The molecule has 0 unspecified atom stereocenters. The number of rotatable bonds is 3. The molecule has 0 atom stereocenters. The minimum atomic E-state index is -0.181. The highest BCUT2D eigenvalue weighted by atomic mass is 16.5. The van der Waals surface area contributed by atoms with E-state index in [9.17, 15) is 0 Å². The number of aromatic nitrogens is 4. The van der Waals surface area contributed by atoms with E-state index < -0.39 is 0 Å². The van der Waals surface area contributed by atoms with E-state index in [2.05, 4.69) is 147 Å². The van der Waals surface area contributed by atoms with Crippen molar-refractivity contribution in [3.8, 4) is 28.4 Å². The van der Waals surface area contributed by atoms with Gasteiger partial charge in [-0.3, -0.25) is 8.97 Å². The van der Waals surface area contributed by atoms with Gasteiger partial charge in [-0.25, -0.2) is 9.97 Å². The standard InChI is InChI=1S/C44H34N4O/c1-25-20-26(2)40(27(3)21-25)37-24-47-38-14-7-6-10-31(38)30-17-15-28(22-34(30)43(47)46-37)49-29-16-18-35-39(23-29)48-41-32(33-12-9-19-45-42(33)48)11-8-13-36(41)44(35,4)5/h6-24H,1-5H3. The van der Waals surface area contributed by atoms with Crippen molar-refractivity contribution >= 4 is 49.3 Å². The SMILES string of the molecule is Cc1cc(C)c(-c2cn3c4ccccc4c4ccc(Oc5ccc6c(c5)-n5c7ncccc7c7cccc(c75)C6(C)C)cc4c3n2)c(C)c1. The summed E-state index contributed by atoms with van der Waals surface area (Å²) >= 11 is 0. The first-order valence-corrected chi connectivity index (χ1v) is 16.9. The lowest BCUT2D eigenvalue weighted by Gasteiger charge is -2.34. The number of hydrogen-bond acceptors (Lipinski definition) is 3. The molecule has 0 aliphatic carbocycles. The Morgan fingerprint density at radius 1 is 0.633 bits per heavy atom. The van der Waals surface area contributed by atoms with E-state index in [-0.39, 0.29) is 5.41 Å². The summed E-state index contributed by atoms with van der Waals surface area (Å²) in [5.41, 5.74) is 13.6. The maximum Gasteiger partial charge on any atom is 0.146 e.